The Bertz CT molecular complexity index is 883. The fourth-order valence-electron chi connectivity index (χ4n) is 3.48. The molecule has 3 nitrogen and oxygen atoms in total. The molecule has 2 heterocycles. The number of nitrogens with zero attached hydrogens (tertiary/aromatic N) is 2. The third kappa shape index (κ3) is 3.86. The first-order chi connectivity index (χ1) is 12.8. The highest BCUT2D eigenvalue weighted by atomic mass is 32.1. The largest absolute Gasteiger partial charge is 0.332 e. The third-order valence-corrected chi connectivity index (χ3v) is 5.96. The van der Waals surface area contributed by atoms with E-state index in [9.17, 15) is 4.79 Å². The van der Waals surface area contributed by atoms with Crippen LogP contribution in [0.3, 0.4) is 0 Å². The quantitative estimate of drug-likeness (QED) is 0.577. The van der Waals surface area contributed by atoms with Gasteiger partial charge in [-0.05, 0) is 54.8 Å². The number of pyridine rings is 1. The van der Waals surface area contributed by atoms with E-state index in [4.69, 9.17) is 0 Å². The maximum absolute atomic E-state index is 13.3. The van der Waals surface area contributed by atoms with Crippen molar-refractivity contribution >= 4 is 27.3 Å². The molecule has 0 aliphatic heterocycles. The maximum Gasteiger partial charge on any atom is 0.264 e. The Hall–Kier alpha value is -2.46. The zero-order valence-electron chi connectivity index (χ0n) is 14.7. The summed E-state index contributed by atoms with van der Waals surface area (Å²) in [4.78, 5) is 20.5. The molecule has 1 atom stereocenters. The van der Waals surface area contributed by atoms with Gasteiger partial charge >= 0.3 is 0 Å². The molecule has 0 radical (unpaired) electrons. The van der Waals surface area contributed by atoms with Gasteiger partial charge in [0.2, 0.25) is 0 Å². The van der Waals surface area contributed by atoms with Gasteiger partial charge in [0.1, 0.15) is 0 Å². The van der Waals surface area contributed by atoms with Crippen LogP contribution in [0.2, 0.25) is 0 Å². The summed E-state index contributed by atoms with van der Waals surface area (Å²) in [7, 11) is 0. The van der Waals surface area contributed by atoms with Crippen molar-refractivity contribution in [1.82, 2.24) is 9.88 Å². The van der Waals surface area contributed by atoms with E-state index in [1.807, 2.05) is 41.3 Å². The van der Waals surface area contributed by atoms with Crippen molar-refractivity contribution in [2.24, 2.45) is 5.92 Å². The van der Waals surface area contributed by atoms with Gasteiger partial charge in [0.25, 0.3) is 5.91 Å². The zero-order valence-corrected chi connectivity index (χ0v) is 15.5. The van der Waals surface area contributed by atoms with E-state index >= 15 is 0 Å². The fraction of sp³-hybridized carbons (Fsp3) is 0.273. The van der Waals surface area contributed by atoms with Gasteiger partial charge in [0, 0.05) is 17.4 Å². The molecule has 1 amide bonds. The SMILES string of the molecule is O=C(c1cc2ccccc2s1)N(Cc1ccccn1)C[C@H]1CC=CCC1. The van der Waals surface area contributed by atoms with Crippen LogP contribution in [0.25, 0.3) is 10.1 Å². The molecule has 4 rings (SSSR count). The molecule has 0 bridgehead atoms. The predicted octanol–water partition coefficient (Wildman–Crippen LogP) is 5.30. The highest BCUT2D eigenvalue weighted by Gasteiger charge is 2.23. The van der Waals surface area contributed by atoms with Crippen LogP contribution >= 0.6 is 11.3 Å². The first kappa shape index (κ1) is 17.0. The summed E-state index contributed by atoms with van der Waals surface area (Å²) >= 11 is 1.58. The van der Waals surface area contributed by atoms with Crippen LogP contribution in [0.1, 0.15) is 34.6 Å². The molecule has 26 heavy (non-hydrogen) atoms. The minimum atomic E-state index is 0.117. The van der Waals surface area contributed by atoms with Crippen LogP contribution in [0.4, 0.5) is 0 Å². The standard InChI is InChI=1S/C22H22N2OS/c25-22(21-14-18-10-4-5-12-20(18)26-21)24(15-17-8-2-1-3-9-17)16-19-11-6-7-13-23-19/h1-2,4-7,10-14,17H,3,8-9,15-16H2/t17-/m0/s1. The lowest BCUT2D eigenvalue weighted by atomic mass is 9.94. The number of benzene rings is 1. The van der Waals surface area contributed by atoms with Gasteiger partial charge in [-0.25, -0.2) is 0 Å². The summed E-state index contributed by atoms with van der Waals surface area (Å²) in [6.07, 6.45) is 9.59. The monoisotopic (exact) mass is 362 g/mol. The third-order valence-electron chi connectivity index (χ3n) is 4.86. The van der Waals surface area contributed by atoms with E-state index in [2.05, 4.69) is 29.3 Å². The Morgan fingerprint density at radius 3 is 2.81 bits per heavy atom. The lowest BCUT2D eigenvalue weighted by Gasteiger charge is -2.28. The summed E-state index contributed by atoms with van der Waals surface area (Å²) in [5, 5.41) is 1.14. The molecule has 4 heteroatoms. The van der Waals surface area contributed by atoms with E-state index in [-0.39, 0.29) is 5.91 Å². The number of carbonyl (C=O) groups is 1. The zero-order chi connectivity index (χ0) is 17.8. The lowest BCUT2D eigenvalue weighted by molar-refractivity contribution is 0.0713. The number of aromatic nitrogens is 1. The molecule has 1 aliphatic rings. The Kier molecular flexibility index (Phi) is 5.12. The van der Waals surface area contributed by atoms with Crippen LogP contribution in [-0.4, -0.2) is 22.3 Å². The van der Waals surface area contributed by atoms with Gasteiger partial charge in [-0.1, -0.05) is 36.4 Å². The van der Waals surface area contributed by atoms with Gasteiger partial charge in [-0.3, -0.25) is 9.78 Å². The second kappa shape index (κ2) is 7.83. The maximum atomic E-state index is 13.3. The average molecular weight is 362 g/mol. The Balaban J connectivity index is 1.59. The Morgan fingerprint density at radius 1 is 1.15 bits per heavy atom. The summed E-state index contributed by atoms with van der Waals surface area (Å²) in [6, 6.07) is 16.1. The van der Waals surface area contributed by atoms with Crippen LogP contribution in [0.15, 0.2) is 66.9 Å². The molecule has 1 aromatic carbocycles. The summed E-state index contributed by atoms with van der Waals surface area (Å²) in [6.45, 7) is 1.35. The Morgan fingerprint density at radius 2 is 2.04 bits per heavy atom. The van der Waals surface area contributed by atoms with Crippen molar-refractivity contribution < 1.29 is 4.79 Å². The van der Waals surface area contributed by atoms with Crippen molar-refractivity contribution in [3.05, 3.63) is 77.5 Å². The van der Waals surface area contributed by atoms with Gasteiger partial charge in [-0.2, -0.15) is 0 Å². The van der Waals surface area contributed by atoms with Crippen molar-refractivity contribution in [2.45, 2.75) is 25.8 Å². The molecule has 0 fully saturated rings. The highest BCUT2D eigenvalue weighted by Crippen LogP contribution is 2.28. The van der Waals surface area contributed by atoms with Crippen LogP contribution in [0, 0.1) is 5.92 Å². The normalized spacial score (nSPS) is 16.7. The number of fused-ring (bicyclic) bond motifs is 1. The molecule has 0 saturated carbocycles. The minimum Gasteiger partial charge on any atom is -0.332 e. The van der Waals surface area contributed by atoms with E-state index in [0.717, 1.165) is 46.5 Å². The van der Waals surface area contributed by atoms with Crippen LogP contribution in [0.5, 0.6) is 0 Å². The summed E-state index contributed by atoms with van der Waals surface area (Å²) < 4.78 is 1.16. The molecule has 0 spiro atoms. The number of carbonyl (C=O) groups excluding carboxylic acids is 1. The van der Waals surface area contributed by atoms with E-state index in [0.29, 0.717) is 12.5 Å². The van der Waals surface area contributed by atoms with Crippen molar-refractivity contribution in [3.8, 4) is 0 Å². The minimum absolute atomic E-state index is 0.117. The molecular formula is C22H22N2OS. The van der Waals surface area contributed by atoms with Gasteiger partial charge < -0.3 is 4.90 Å². The molecule has 132 valence electrons. The van der Waals surface area contributed by atoms with E-state index in [1.165, 1.54) is 0 Å². The van der Waals surface area contributed by atoms with E-state index in [1.54, 1.807) is 17.5 Å². The topological polar surface area (TPSA) is 33.2 Å². The second-order valence-electron chi connectivity index (χ2n) is 6.81. The number of rotatable bonds is 5. The second-order valence-corrected chi connectivity index (χ2v) is 7.89. The van der Waals surface area contributed by atoms with Crippen molar-refractivity contribution in [1.29, 1.82) is 0 Å². The fourth-order valence-corrected chi connectivity index (χ4v) is 4.51. The van der Waals surface area contributed by atoms with Crippen LogP contribution in [-0.2, 0) is 6.54 Å². The molecule has 2 aromatic heterocycles. The van der Waals surface area contributed by atoms with Crippen LogP contribution < -0.4 is 0 Å². The van der Waals surface area contributed by atoms with Crippen molar-refractivity contribution in [2.75, 3.05) is 6.54 Å². The summed E-state index contributed by atoms with van der Waals surface area (Å²) in [5.74, 6) is 0.647. The first-order valence-corrected chi connectivity index (χ1v) is 9.94. The molecule has 0 unspecified atom stereocenters. The van der Waals surface area contributed by atoms with Gasteiger partial charge in [-0.15, -0.1) is 11.3 Å². The molecule has 1 aliphatic carbocycles. The van der Waals surface area contributed by atoms with E-state index < -0.39 is 0 Å². The smallest absolute Gasteiger partial charge is 0.264 e. The number of amides is 1. The number of hydrogen-bond donors (Lipinski definition) is 0. The number of thiophene rings is 1. The molecule has 3 aromatic rings. The Labute approximate surface area is 158 Å². The summed E-state index contributed by atoms with van der Waals surface area (Å²) in [5.41, 5.74) is 0.938. The predicted molar refractivity (Wildman–Crippen MR) is 107 cm³/mol. The number of allylic oxidation sites excluding steroid dienone is 2. The molecule has 0 saturated heterocycles. The lowest BCUT2D eigenvalue weighted by Crippen LogP contribution is -2.35. The first-order valence-electron chi connectivity index (χ1n) is 9.12. The molecule has 0 N–H and O–H groups in total. The van der Waals surface area contributed by atoms with Gasteiger partial charge in [0.05, 0.1) is 17.1 Å². The van der Waals surface area contributed by atoms with Crippen molar-refractivity contribution in [3.63, 3.8) is 0 Å². The highest BCUT2D eigenvalue weighted by molar-refractivity contribution is 7.20. The molecular weight excluding hydrogens is 340 g/mol. The van der Waals surface area contributed by atoms with Gasteiger partial charge in [0.15, 0.2) is 0 Å². The number of hydrogen-bond acceptors (Lipinski definition) is 3. The average Bonchev–Trinajstić information content (AvgIpc) is 3.13.